The number of rotatable bonds is 3. The molecule has 0 aromatic rings. The summed E-state index contributed by atoms with van der Waals surface area (Å²) in [4.78, 5) is 20.3. The van der Waals surface area contributed by atoms with Crippen LogP contribution in [-0.2, 0) is 9.59 Å². The van der Waals surface area contributed by atoms with Gasteiger partial charge in [0.2, 0.25) is 0 Å². The number of hydrogen-bond donors (Lipinski definition) is 1. The van der Waals surface area contributed by atoms with Gasteiger partial charge in [-0.15, -0.1) is 0 Å². The van der Waals surface area contributed by atoms with Crippen molar-refractivity contribution in [3.8, 4) is 0 Å². The second-order valence-electron chi connectivity index (χ2n) is 1.90. The number of halogens is 3. The zero-order valence-electron chi connectivity index (χ0n) is 5.26. The number of carboxylic acid groups (broad SMARTS) is 1. The zero-order valence-corrected chi connectivity index (χ0v) is 7.53. The summed E-state index contributed by atoms with van der Waals surface area (Å²) in [5.41, 5.74) is 0. The predicted molar refractivity (Wildman–Crippen MR) is 42.1 cm³/mol. The molecule has 0 bridgehead atoms. The van der Waals surface area contributed by atoms with Crippen molar-refractivity contribution in [1.82, 2.24) is 0 Å². The van der Waals surface area contributed by atoms with Crippen LogP contribution in [0.25, 0.3) is 0 Å². The highest BCUT2D eigenvalue weighted by atomic mass is 35.6. The Hall–Kier alpha value is 0.01000. The highest BCUT2D eigenvalue weighted by Gasteiger charge is 2.29. The number of alkyl halides is 3. The first-order valence-electron chi connectivity index (χ1n) is 2.61. The Labute approximate surface area is 78.2 Å². The van der Waals surface area contributed by atoms with Crippen LogP contribution in [0.15, 0.2) is 0 Å². The molecule has 0 fully saturated rings. The minimum Gasteiger partial charge on any atom is -0.481 e. The van der Waals surface area contributed by atoms with Gasteiger partial charge in [0.25, 0.3) is 0 Å². The minimum atomic E-state index is -1.69. The number of hydrogen-bond acceptors (Lipinski definition) is 2. The Morgan fingerprint density at radius 1 is 1.55 bits per heavy atom. The molecule has 0 aliphatic carbocycles. The predicted octanol–water partition coefficient (Wildman–Crippen LogP) is 1.65. The van der Waals surface area contributed by atoms with Crippen LogP contribution in [0.3, 0.4) is 0 Å². The second-order valence-corrected chi connectivity index (χ2v) is 4.42. The van der Waals surface area contributed by atoms with Gasteiger partial charge in [-0.1, -0.05) is 34.8 Å². The molecule has 1 unspecified atom stereocenters. The van der Waals surface area contributed by atoms with Crippen molar-refractivity contribution in [2.75, 3.05) is 0 Å². The summed E-state index contributed by atoms with van der Waals surface area (Å²) >= 11 is 15.8. The van der Waals surface area contributed by atoms with Crippen LogP contribution in [0.4, 0.5) is 0 Å². The Morgan fingerprint density at radius 3 is 2.09 bits per heavy atom. The fourth-order valence-electron chi connectivity index (χ4n) is 0.443. The zero-order chi connectivity index (χ0) is 9.07. The summed E-state index contributed by atoms with van der Waals surface area (Å²) < 4.78 is -1.69. The largest absolute Gasteiger partial charge is 0.481 e. The highest BCUT2D eigenvalue weighted by Crippen LogP contribution is 2.32. The van der Waals surface area contributed by atoms with Crippen LogP contribution >= 0.6 is 34.8 Å². The maximum Gasteiger partial charge on any atom is 0.313 e. The van der Waals surface area contributed by atoms with Crippen LogP contribution in [0.5, 0.6) is 0 Å². The smallest absolute Gasteiger partial charge is 0.313 e. The van der Waals surface area contributed by atoms with E-state index >= 15 is 0 Å². The van der Waals surface area contributed by atoms with Crippen LogP contribution in [0, 0.1) is 5.92 Å². The Balaban J connectivity index is 4.10. The van der Waals surface area contributed by atoms with E-state index in [4.69, 9.17) is 39.9 Å². The molecule has 0 saturated heterocycles. The molecule has 0 heterocycles. The summed E-state index contributed by atoms with van der Waals surface area (Å²) in [5.74, 6) is -2.53. The lowest BCUT2D eigenvalue weighted by Gasteiger charge is -2.11. The molecule has 64 valence electrons. The Kier molecular flexibility index (Phi) is 4.14. The van der Waals surface area contributed by atoms with Crippen LogP contribution in [-0.4, -0.2) is 21.2 Å². The number of carboxylic acids is 1. The van der Waals surface area contributed by atoms with Gasteiger partial charge in [0.15, 0.2) is 3.79 Å². The topological polar surface area (TPSA) is 54.4 Å². The lowest BCUT2D eigenvalue weighted by Crippen LogP contribution is -2.21. The van der Waals surface area contributed by atoms with Crippen molar-refractivity contribution in [3.63, 3.8) is 0 Å². The van der Waals surface area contributed by atoms with Crippen LogP contribution in [0.2, 0.25) is 0 Å². The van der Waals surface area contributed by atoms with E-state index in [0.717, 1.165) is 0 Å². The number of carbonyl (C=O) groups is 2. The van der Waals surface area contributed by atoms with Crippen molar-refractivity contribution < 1.29 is 14.7 Å². The third-order valence-corrected chi connectivity index (χ3v) is 1.40. The van der Waals surface area contributed by atoms with Crippen molar-refractivity contribution in [2.45, 2.75) is 10.2 Å². The molecule has 0 spiro atoms. The normalized spacial score (nSPS) is 14.1. The lowest BCUT2D eigenvalue weighted by molar-refractivity contribution is -0.143. The lowest BCUT2D eigenvalue weighted by atomic mass is 10.1. The van der Waals surface area contributed by atoms with E-state index in [1.54, 1.807) is 0 Å². The fraction of sp³-hybridized carbons (Fsp3) is 0.600. The Morgan fingerprint density at radius 2 is 2.00 bits per heavy atom. The van der Waals surface area contributed by atoms with Gasteiger partial charge in [0, 0.05) is 6.42 Å². The van der Waals surface area contributed by atoms with Gasteiger partial charge < -0.3 is 9.90 Å². The maximum atomic E-state index is 10.2. The molecule has 0 aromatic heterocycles. The average molecular weight is 219 g/mol. The van der Waals surface area contributed by atoms with E-state index in [1.165, 1.54) is 0 Å². The van der Waals surface area contributed by atoms with E-state index < -0.39 is 15.7 Å². The molecule has 0 aliphatic rings. The summed E-state index contributed by atoms with van der Waals surface area (Å²) in [5, 5.41) is 8.33. The number of carbonyl (C=O) groups excluding carboxylic acids is 1. The van der Waals surface area contributed by atoms with Crippen LogP contribution in [0.1, 0.15) is 6.42 Å². The first-order valence-corrected chi connectivity index (χ1v) is 3.75. The summed E-state index contributed by atoms with van der Waals surface area (Å²) in [6.45, 7) is 0. The molecule has 0 rings (SSSR count). The molecule has 0 aromatic carbocycles. The molecular weight excluding hydrogens is 214 g/mol. The standard InChI is InChI=1S/C5H5Cl3O3/c6-5(7,8)1-3(2-9)4(10)11/h2-3H,1H2,(H,10,11). The van der Waals surface area contributed by atoms with Crippen molar-refractivity contribution in [2.24, 2.45) is 5.92 Å². The average Bonchev–Trinajstić information content (AvgIpc) is 1.80. The van der Waals surface area contributed by atoms with Gasteiger partial charge in [-0.25, -0.2) is 0 Å². The molecule has 11 heavy (non-hydrogen) atoms. The summed E-state index contributed by atoms with van der Waals surface area (Å²) in [7, 11) is 0. The molecule has 0 aliphatic heterocycles. The molecule has 3 nitrogen and oxygen atoms in total. The van der Waals surface area contributed by atoms with Gasteiger partial charge in [-0.2, -0.15) is 0 Å². The van der Waals surface area contributed by atoms with E-state index in [-0.39, 0.29) is 12.7 Å². The monoisotopic (exact) mass is 218 g/mol. The fourth-order valence-corrected chi connectivity index (χ4v) is 0.942. The molecule has 1 atom stereocenters. The van der Waals surface area contributed by atoms with E-state index in [9.17, 15) is 9.59 Å². The number of aliphatic carboxylic acids is 1. The third kappa shape index (κ3) is 5.30. The highest BCUT2D eigenvalue weighted by molar-refractivity contribution is 6.67. The van der Waals surface area contributed by atoms with Gasteiger partial charge in [-0.3, -0.25) is 4.79 Å². The van der Waals surface area contributed by atoms with E-state index in [2.05, 4.69) is 0 Å². The molecule has 0 saturated carbocycles. The van der Waals surface area contributed by atoms with Gasteiger partial charge in [0.1, 0.15) is 12.2 Å². The SMILES string of the molecule is O=CC(CC(Cl)(Cl)Cl)C(=O)O. The van der Waals surface area contributed by atoms with Crippen molar-refractivity contribution in [1.29, 1.82) is 0 Å². The Bertz CT molecular complexity index is 163. The van der Waals surface area contributed by atoms with Gasteiger partial charge in [0.05, 0.1) is 0 Å². The van der Waals surface area contributed by atoms with Gasteiger partial charge in [-0.05, 0) is 0 Å². The van der Waals surface area contributed by atoms with Crippen LogP contribution < -0.4 is 0 Å². The molecular formula is C5H5Cl3O3. The van der Waals surface area contributed by atoms with Gasteiger partial charge >= 0.3 is 5.97 Å². The summed E-state index contributed by atoms with van der Waals surface area (Å²) in [6.07, 6.45) is -0.0687. The third-order valence-electron chi connectivity index (χ3n) is 0.933. The molecule has 1 N–H and O–H groups in total. The molecule has 0 amide bonds. The van der Waals surface area contributed by atoms with Crippen molar-refractivity contribution in [3.05, 3.63) is 0 Å². The minimum absolute atomic E-state index is 0.240. The molecule has 0 radical (unpaired) electrons. The van der Waals surface area contributed by atoms with Crippen molar-refractivity contribution >= 4 is 47.1 Å². The van der Waals surface area contributed by atoms with E-state index in [0.29, 0.717) is 0 Å². The first-order chi connectivity index (χ1) is 4.87. The quantitative estimate of drug-likeness (QED) is 0.446. The second kappa shape index (κ2) is 4.14. The summed E-state index contributed by atoms with van der Waals surface area (Å²) in [6, 6.07) is 0. The molecule has 6 heteroatoms. The first kappa shape index (κ1) is 11.0. The number of aldehydes is 1. The van der Waals surface area contributed by atoms with E-state index in [1.807, 2.05) is 0 Å². The maximum absolute atomic E-state index is 10.2.